The van der Waals surface area contributed by atoms with Gasteiger partial charge in [-0.3, -0.25) is 14.5 Å². The predicted octanol–water partition coefficient (Wildman–Crippen LogP) is 2.81. The van der Waals surface area contributed by atoms with Crippen LogP contribution < -0.4 is 10.2 Å². The summed E-state index contributed by atoms with van der Waals surface area (Å²) in [5.41, 5.74) is 3.03. The highest BCUT2D eigenvalue weighted by molar-refractivity contribution is 6.03. The molecular weight excluding hydrogens is 288 g/mol. The molecule has 0 spiro atoms. The van der Waals surface area contributed by atoms with E-state index >= 15 is 0 Å². The molecule has 1 heterocycles. The van der Waals surface area contributed by atoms with E-state index in [2.05, 4.69) is 5.32 Å². The molecule has 1 atom stereocenters. The van der Waals surface area contributed by atoms with Gasteiger partial charge in [0, 0.05) is 18.7 Å². The van der Waals surface area contributed by atoms with Gasteiger partial charge in [0.1, 0.15) is 6.04 Å². The largest absolute Gasteiger partial charge is 0.350 e. The van der Waals surface area contributed by atoms with Crippen LogP contribution >= 0.6 is 0 Å². The Labute approximate surface area is 136 Å². The molecule has 0 aliphatic carbocycles. The summed E-state index contributed by atoms with van der Waals surface area (Å²) in [6.07, 6.45) is 0.977. The Balaban J connectivity index is 1.68. The van der Waals surface area contributed by atoms with Crippen molar-refractivity contribution < 1.29 is 9.59 Å². The zero-order valence-electron chi connectivity index (χ0n) is 13.2. The number of carbonyl (C=O) groups is 2. The molecule has 0 aromatic heterocycles. The van der Waals surface area contributed by atoms with Crippen molar-refractivity contribution in [3.05, 3.63) is 65.7 Å². The van der Waals surface area contributed by atoms with Crippen LogP contribution in [0.3, 0.4) is 0 Å². The molecule has 1 saturated heterocycles. The molecular formula is C19H20N2O2. The third kappa shape index (κ3) is 3.42. The fourth-order valence-electron chi connectivity index (χ4n) is 2.86. The second kappa shape index (κ2) is 6.65. The minimum Gasteiger partial charge on any atom is -0.350 e. The number of nitrogens with one attached hydrogen (secondary N) is 1. The highest BCUT2D eigenvalue weighted by Crippen LogP contribution is 2.26. The third-order valence-corrected chi connectivity index (χ3v) is 4.14. The monoisotopic (exact) mass is 308 g/mol. The fraction of sp³-hybridized carbons (Fsp3) is 0.263. The first-order valence-corrected chi connectivity index (χ1v) is 7.85. The number of hydrogen-bond acceptors (Lipinski definition) is 2. The summed E-state index contributed by atoms with van der Waals surface area (Å²) >= 11 is 0. The number of amides is 2. The summed E-state index contributed by atoms with van der Waals surface area (Å²) in [6, 6.07) is 17.0. The first-order chi connectivity index (χ1) is 11.1. The highest BCUT2D eigenvalue weighted by atomic mass is 16.2. The third-order valence-electron chi connectivity index (χ3n) is 4.14. The van der Waals surface area contributed by atoms with Crippen molar-refractivity contribution in [2.24, 2.45) is 0 Å². The topological polar surface area (TPSA) is 49.4 Å². The van der Waals surface area contributed by atoms with Crippen LogP contribution in [0.25, 0.3) is 0 Å². The molecule has 2 aromatic rings. The molecule has 1 unspecified atom stereocenters. The van der Waals surface area contributed by atoms with Crippen LogP contribution in [-0.2, 0) is 16.1 Å². The first kappa shape index (κ1) is 15.3. The highest BCUT2D eigenvalue weighted by Gasteiger charge is 2.36. The van der Waals surface area contributed by atoms with Crippen molar-refractivity contribution in [1.29, 1.82) is 0 Å². The Morgan fingerprint density at radius 2 is 1.83 bits per heavy atom. The van der Waals surface area contributed by atoms with E-state index in [1.54, 1.807) is 4.90 Å². The summed E-state index contributed by atoms with van der Waals surface area (Å²) in [6.45, 7) is 2.51. The summed E-state index contributed by atoms with van der Waals surface area (Å²) in [5, 5.41) is 2.95. The molecule has 0 bridgehead atoms. The molecule has 2 amide bonds. The lowest BCUT2D eigenvalue weighted by atomic mass is 10.1. The van der Waals surface area contributed by atoms with Crippen molar-refractivity contribution >= 4 is 17.5 Å². The molecule has 3 rings (SSSR count). The molecule has 0 saturated carbocycles. The lowest BCUT2D eigenvalue weighted by Gasteiger charge is -2.24. The number of anilines is 1. The van der Waals surface area contributed by atoms with Crippen LogP contribution in [0.5, 0.6) is 0 Å². The standard InChI is InChI=1S/C19H20N2O2/c1-14-7-9-15(10-8-14)13-20-19(23)17-11-12-18(22)21(17)16-5-3-2-4-6-16/h2-10,17H,11-13H2,1H3,(H,20,23). The van der Waals surface area contributed by atoms with Gasteiger partial charge in [-0.1, -0.05) is 48.0 Å². The molecule has 4 nitrogen and oxygen atoms in total. The quantitative estimate of drug-likeness (QED) is 0.944. The smallest absolute Gasteiger partial charge is 0.243 e. The zero-order valence-corrected chi connectivity index (χ0v) is 13.2. The zero-order chi connectivity index (χ0) is 16.2. The van der Waals surface area contributed by atoms with Crippen molar-refractivity contribution in [2.75, 3.05) is 4.90 Å². The van der Waals surface area contributed by atoms with E-state index in [-0.39, 0.29) is 11.8 Å². The Kier molecular flexibility index (Phi) is 4.42. The summed E-state index contributed by atoms with van der Waals surface area (Å²) in [5.74, 6) is -0.0908. The van der Waals surface area contributed by atoms with Gasteiger partial charge in [-0.15, -0.1) is 0 Å². The van der Waals surface area contributed by atoms with Crippen LogP contribution in [0.4, 0.5) is 5.69 Å². The maximum atomic E-state index is 12.5. The van der Waals surface area contributed by atoms with Crippen molar-refractivity contribution in [3.8, 4) is 0 Å². The maximum absolute atomic E-state index is 12.5. The molecule has 0 radical (unpaired) electrons. The van der Waals surface area contributed by atoms with Crippen LogP contribution in [0.2, 0.25) is 0 Å². The first-order valence-electron chi connectivity index (χ1n) is 7.85. The van der Waals surface area contributed by atoms with E-state index in [1.807, 2.05) is 61.5 Å². The van der Waals surface area contributed by atoms with Gasteiger partial charge in [0.25, 0.3) is 0 Å². The predicted molar refractivity (Wildman–Crippen MR) is 90.0 cm³/mol. The van der Waals surface area contributed by atoms with Crippen LogP contribution in [0.15, 0.2) is 54.6 Å². The average molecular weight is 308 g/mol. The molecule has 1 fully saturated rings. The van der Waals surface area contributed by atoms with E-state index in [4.69, 9.17) is 0 Å². The van der Waals surface area contributed by atoms with Gasteiger partial charge in [0.15, 0.2) is 0 Å². The van der Waals surface area contributed by atoms with E-state index in [9.17, 15) is 9.59 Å². The normalized spacial score (nSPS) is 17.3. The Morgan fingerprint density at radius 1 is 1.13 bits per heavy atom. The van der Waals surface area contributed by atoms with E-state index in [1.165, 1.54) is 5.56 Å². The number of aryl methyl sites for hydroxylation is 1. The van der Waals surface area contributed by atoms with Crippen molar-refractivity contribution in [3.63, 3.8) is 0 Å². The van der Waals surface area contributed by atoms with Gasteiger partial charge in [-0.25, -0.2) is 0 Å². The van der Waals surface area contributed by atoms with E-state index in [0.29, 0.717) is 19.4 Å². The summed E-state index contributed by atoms with van der Waals surface area (Å²) in [7, 11) is 0. The minimum atomic E-state index is -0.421. The summed E-state index contributed by atoms with van der Waals surface area (Å²) in [4.78, 5) is 26.3. The van der Waals surface area contributed by atoms with Crippen molar-refractivity contribution in [2.45, 2.75) is 32.4 Å². The number of benzene rings is 2. The molecule has 1 N–H and O–H groups in total. The molecule has 1 aliphatic rings. The van der Waals surface area contributed by atoms with Gasteiger partial charge in [0.05, 0.1) is 0 Å². The Bertz CT molecular complexity index is 695. The molecule has 2 aromatic carbocycles. The van der Waals surface area contributed by atoms with Crippen LogP contribution in [0, 0.1) is 6.92 Å². The Hall–Kier alpha value is -2.62. The van der Waals surface area contributed by atoms with Crippen LogP contribution in [-0.4, -0.2) is 17.9 Å². The number of carbonyl (C=O) groups excluding carboxylic acids is 2. The molecule has 1 aliphatic heterocycles. The van der Waals surface area contributed by atoms with Crippen molar-refractivity contribution in [1.82, 2.24) is 5.32 Å². The number of rotatable bonds is 4. The maximum Gasteiger partial charge on any atom is 0.243 e. The van der Waals surface area contributed by atoms with Gasteiger partial charge >= 0.3 is 0 Å². The number of para-hydroxylation sites is 1. The van der Waals surface area contributed by atoms with E-state index < -0.39 is 6.04 Å². The number of nitrogens with zero attached hydrogens (tertiary/aromatic N) is 1. The van der Waals surface area contributed by atoms with Gasteiger partial charge in [0.2, 0.25) is 11.8 Å². The SMILES string of the molecule is Cc1ccc(CNC(=O)C2CCC(=O)N2c2ccccc2)cc1. The molecule has 23 heavy (non-hydrogen) atoms. The fourth-order valence-corrected chi connectivity index (χ4v) is 2.86. The van der Waals surface area contributed by atoms with Crippen LogP contribution in [0.1, 0.15) is 24.0 Å². The second-order valence-electron chi connectivity index (χ2n) is 5.86. The average Bonchev–Trinajstić information content (AvgIpc) is 2.96. The van der Waals surface area contributed by atoms with Gasteiger partial charge in [-0.05, 0) is 31.0 Å². The minimum absolute atomic E-state index is 0.00619. The Morgan fingerprint density at radius 3 is 2.52 bits per heavy atom. The molecule has 4 heteroatoms. The van der Waals surface area contributed by atoms with Gasteiger partial charge < -0.3 is 5.32 Å². The van der Waals surface area contributed by atoms with Gasteiger partial charge in [-0.2, -0.15) is 0 Å². The number of hydrogen-bond donors (Lipinski definition) is 1. The lowest BCUT2D eigenvalue weighted by Crippen LogP contribution is -2.44. The molecule has 118 valence electrons. The van der Waals surface area contributed by atoms with E-state index in [0.717, 1.165) is 11.3 Å². The lowest BCUT2D eigenvalue weighted by molar-refractivity contribution is -0.124. The summed E-state index contributed by atoms with van der Waals surface area (Å²) < 4.78 is 0. The second-order valence-corrected chi connectivity index (χ2v) is 5.86.